The highest BCUT2D eigenvalue weighted by atomic mass is 35.5. The van der Waals surface area contributed by atoms with Crippen molar-refractivity contribution in [3.05, 3.63) is 93.6 Å². The van der Waals surface area contributed by atoms with Crippen LogP contribution in [0.15, 0.2) is 76.4 Å². The van der Waals surface area contributed by atoms with Crippen molar-refractivity contribution in [2.24, 2.45) is 0 Å². The van der Waals surface area contributed by atoms with Crippen LogP contribution in [0, 0.1) is 0 Å². The normalized spacial score (nSPS) is 16.0. The summed E-state index contributed by atoms with van der Waals surface area (Å²) in [6.45, 7) is 1.40. The first kappa shape index (κ1) is 26.0. The van der Waals surface area contributed by atoms with E-state index in [4.69, 9.17) is 16.0 Å². The van der Waals surface area contributed by atoms with E-state index in [1.54, 1.807) is 42.6 Å². The molecule has 1 N–H and O–H groups in total. The molecular formula is C26H25Cl3N2O3. The summed E-state index contributed by atoms with van der Waals surface area (Å²) < 4.78 is 5.97. The Labute approximate surface area is 215 Å². The molecule has 178 valence electrons. The van der Waals surface area contributed by atoms with Crippen molar-refractivity contribution in [2.75, 3.05) is 6.54 Å². The van der Waals surface area contributed by atoms with Gasteiger partial charge in [0.25, 0.3) is 0 Å². The third kappa shape index (κ3) is 5.08. The molecule has 3 heterocycles. The van der Waals surface area contributed by atoms with Gasteiger partial charge in [-0.3, -0.25) is 14.7 Å². The van der Waals surface area contributed by atoms with Crippen LogP contribution in [0.25, 0.3) is 22.1 Å². The molecule has 34 heavy (non-hydrogen) atoms. The fourth-order valence-electron chi connectivity index (χ4n) is 4.56. The standard InChI is InChI=1S/C26H23ClN2O3.2ClH/c27-19-8-6-17(7-9-19)22-16-32-26-20(25(22)31)10-11-24(30)21(26)15-29-13-2-1-5-23(29)18-4-3-12-28-14-18;;/h3-4,6-12,14,16,23,30H,1-2,5,13,15H2;2*1H/t23-;;/m0../s1. The van der Waals surface area contributed by atoms with Crippen LogP contribution in [0.1, 0.15) is 36.4 Å². The van der Waals surface area contributed by atoms with Gasteiger partial charge in [-0.05, 0) is 60.8 Å². The third-order valence-corrected chi connectivity index (χ3v) is 6.47. The van der Waals surface area contributed by atoms with Crippen LogP contribution < -0.4 is 5.43 Å². The zero-order chi connectivity index (χ0) is 22.1. The Bertz CT molecular complexity index is 1310. The first-order chi connectivity index (χ1) is 15.6. The number of phenolic OH excluding ortho intramolecular Hbond substituents is 1. The summed E-state index contributed by atoms with van der Waals surface area (Å²) in [5, 5.41) is 11.8. The number of benzene rings is 2. The lowest BCUT2D eigenvalue weighted by molar-refractivity contribution is 0.139. The number of nitrogens with zero attached hydrogens (tertiary/aromatic N) is 2. The average molecular weight is 520 g/mol. The quantitative estimate of drug-likeness (QED) is 0.322. The molecule has 0 saturated carbocycles. The van der Waals surface area contributed by atoms with Gasteiger partial charge in [-0.2, -0.15) is 0 Å². The second kappa shape index (κ2) is 11.2. The first-order valence-corrected chi connectivity index (χ1v) is 11.2. The lowest BCUT2D eigenvalue weighted by Gasteiger charge is -2.36. The molecule has 0 aliphatic carbocycles. The monoisotopic (exact) mass is 518 g/mol. The number of fused-ring (bicyclic) bond motifs is 1. The molecule has 1 atom stereocenters. The van der Waals surface area contributed by atoms with Crippen LogP contribution in [0.4, 0.5) is 0 Å². The number of piperidine rings is 1. The Kier molecular flexibility index (Phi) is 8.61. The van der Waals surface area contributed by atoms with Gasteiger partial charge in [0.05, 0.1) is 16.5 Å². The summed E-state index contributed by atoms with van der Waals surface area (Å²) in [6, 6.07) is 14.6. The molecule has 2 aromatic heterocycles. The summed E-state index contributed by atoms with van der Waals surface area (Å²) in [7, 11) is 0. The Morgan fingerprint density at radius 3 is 2.62 bits per heavy atom. The van der Waals surface area contributed by atoms with Crippen LogP contribution in [0.5, 0.6) is 5.75 Å². The summed E-state index contributed by atoms with van der Waals surface area (Å²) in [6.07, 6.45) is 8.43. The van der Waals surface area contributed by atoms with Crippen LogP contribution in [-0.4, -0.2) is 21.5 Å². The summed E-state index contributed by atoms with van der Waals surface area (Å²) in [5.74, 6) is 0.135. The maximum Gasteiger partial charge on any atom is 0.200 e. The number of hydrogen-bond donors (Lipinski definition) is 1. The number of rotatable bonds is 4. The van der Waals surface area contributed by atoms with E-state index in [-0.39, 0.29) is 42.0 Å². The van der Waals surface area contributed by atoms with Crippen molar-refractivity contribution >= 4 is 47.4 Å². The van der Waals surface area contributed by atoms with E-state index in [0.29, 0.717) is 33.7 Å². The molecule has 1 aliphatic rings. The minimum Gasteiger partial charge on any atom is -0.507 e. The highest BCUT2D eigenvalue weighted by Gasteiger charge is 2.26. The molecule has 8 heteroatoms. The highest BCUT2D eigenvalue weighted by Crippen LogP contribution is 2.35. The predicted octanol–water partition coefficient (Wildman–Crippen LogP) is 6.78. The molecular weight excluding hydrogens is 495 g/mol. The molecule has 0 bridgehead atoms. The van der Waals surface area contributed by atoms with Crippen molar-refractivity contribution in [1.29, 1.82) is 0 Å². The van der Waals surface area contributed by atoms with Crippen molar-refractivity contribution in [2.45, 2.75) is 31.8 Å². The molecule has 4 aromatic rings. The van der Waals surface area contributed by atoms with Crippen molar-refractivity contribution in [3.8, 4) is 16.9 Å². The Morgan fingerprint density at radius 1 is 1.09 bits per heavy atom. The second-order valence-electron chi connectivity index (χ2n) is 8.19. The van der Waals surface area contributed by atoms with Gasteiger partial charge in [-0.25, -0.2) is 0 Å². The summed E-state index contributed by atoms with van der Waals surface area (Å²) >= 11 is 5.98. The minimum atomic E-state index is -0.128. The second-order valence-corrected chi connectivity index (χ2v) is 8.63. The maximum atomic E-state index is 13.3. The lowest BCUT2D eigenvalue weighted by atomic mass is 9.95. The predicted molar refractivity (Wildman–Crippen MR) is 140 cm³/mol. The maximum absolute atomic E-state index is 13.3. The van der Waals surface area contributed by atoms with Gasteiger partial charge in [0.1, 0.15) is 17.6 Å². The molecule has 1 aliphatic heterocycles. The lowest BCUT2D eigenvalue weighted by Crippen LogP contribution is -2.33. The average Bonchev–Trinajstić information content (AvgIpc) is 2.83. The molecule has 5 rings (SSSR count). The smallest absolute Gasteiger partial charge is 0.200 e. The van der Waals surface area contributed by atoms with Gasteiger partial charge in [0.2, 0.25) is 5.43 Å². The number of aromatic nitrogens is 1. The molecule has 0 radical (unpaired) electrons. The summed E-state index contributed by atoms with van der Waals surface area (Å²) in [4.78, 5) is 19.9. The molecule has 0 amide bonds. The fourth-order valence-corrected chi connectivity index (χ4v) is 4.69. The number of phenols is 1. The minimum absolute atomic E-state index is 0. The van der Waals surface area contributed by atoms with Crippen molar-refractivity contribution < 1.29 is 9.52 Å². The van der Waals surface area contributed by atoms with Gasteiger partial charge in [0, 0.05) is 30.0 Å². The number of halogens is 3. The fraction of sp³-hybridized carbons (Fsp3) is 0.231. The van der Waals surface area contributed by atoms with Crippen LogP contribution in [0.2, 0.25) is 5.02 Å². The van der Waals surface area contributed by atoms with E-state index in [1.165, 1.54) is 11.8 Å². The van der Waals surface area contributed by atoms with E-state index in [9.17, 15) is 9.90 Å². The van der Waals surface area contributed by atoms with E-state index >= 15 is 0 Å². The zero-order valence-corrected chi connectivity index (χ0v) is 20.7. The van der Waals surface area contributed by atoms with E-state index < -0.39 is 0 Å². The summed E-state index contributed by atoms with van der Waals surface area (Å²) in [5.41, 5.74) is 3.32. The van der Waals surface area contributed by atoms with Gasteiger partial charge >= 0.3 is 0 Å². The molecule has 1 fully saturated rings. The van der Waals surface area contributed by atoms with Crippen LogP contribution >= 0.6 is 36.4 Å². The van der Waals surface area contributed by atoms with Gasteiger partial charge in [0.15, 0.2) is 0 Å². The molecule has 2 aromatic carbocycles. The van der Waals surface area contributed by atoms with E-state index in [2.05, 4.69) is 16.0 Å². The molecule has 0 spiro atoms. The van der Waals surface area contributed by atoms with Crippen LogP contribution in [-0.2, 0) is 6.54 Å². The topological polar surface area (TPSA) is 66.6 Å². The first-order valence-electron chi connectivity index (χ1n) is 10.8. The van der Waals surface area contributed by atoms with Gasteiger partial charge < -0.3 is 9.52 Å². The van der Waals surface area contributed by atoms with Crippen molar-refractivity contribution in [1.82, 2.24) is 9.88 Å². The number of aromatic hydroxyl groups is 1. The van der Waals surface area contributed by atoms with Crippen molar-refractivity contribution in [3.63, 3.8) is 0 Å². The Hall–Kier alpha value is -2.57. The third-order valence-electron chi connectivity index (χ3n) is 6.22. The molecule has 5 nitrogen and oxygen atoms in total. The van der Waals surface area contributed by atoms with E-state index in [1.807, 2.05) is 12.3 Å². The Morgan fingerprint density at radius 2 is 1.88 bits per heavy atom. The van der Waals surface area contributed by atoms with E-state index in [0.717, 1.165) is 31.4 Å². The SMILES string of the molecule is Cl.Cl.O=c1c(-c2ccc(Cl)cc2)coc2c(CN3CCCC[C@H]3c3cccnc3)c(O)ccc12. The Balaban J connectivity index is 0.00000162. The number of likely N-dealkylation sites (tertiary alicyclic amines) is 1. The largest absolute Gasteiger partial charge is 0.507 e. The van der Waals surface area contributed by atoms with Gasteiger partial charge in [-0.1, -0.05) is 36.2 Å². The molecule has 0 unspecified atom stereocenters. The molecule has 1 saturated heterocycles. The zero-order valence-electron chi connectivity index (χ0n) is 18.3. The number of pyridine rings is 1. The number of hydrogen-bond acceptors (Lipinski definition) is 5. The van der Waals surface area contributed by atoms with Gasteiger partial charge in [-0.15, -0.1) is 24.8 Å². The highest BCUT2D eigenvalue weighted by molar-refractivity contribution is 6.30. The van der Waals surface area contributed by atoms with Crippen LogP contribution in [0.3, 0.4) is 0 Å².